The second-order valence-corrected chi connectivity index (χ2v) is 5.77. The fourth-order valence-corrected chi connectivity index (χ4v) is 2.71. The van der Waals surface area contributed by atoms with Crippen molar-refractivity contribution in [3.63, 3.8) is 0 Å². The van der Waals surface area contributed by atoms with E-state index >= 15 is 0 Å². The van der Waals surface area contributed by atoms with Gasteiger partial charge in [-0.25, -0.2) is 0 Å². The molecule has 0 spiro atoms. The molecule has 0 radical (unpaired) electrons. The van der Waals surface area contributed by atoms with E-state index in [1.54, 1.807) is 0 Å². The van der Waals surface area contributed by atoms with Crippen LogP contribution in [0.1, 0.15) is 39.5 Å². The van der Waals surface area contributed by atoms with Crippen LogP contribution < -0.4 is 16.4 Å². The Kier molecular flexibility index (Phi) is 4.65. The highest BCUT2D eigenvalue weighted by Crippen LogP contribution is 2.34. The van der Waals surface area contributed by atoms with Crippen molar-refractivity contribution < 1.29 is 5.11 Å². The molecule has 1 saturated carbocycles. The molecule has 6 heteroatoms. The predicted molar refractivity (Wildman–Crippen MR) is 81.7 cm³/mol. The molecule has 20 heavy (non-hydrogen) atoms. The molecule has 0 unspecified atom stereocenters. The Bertz CT molecular complexity index is 443. The molecule has 1 aromatic rings. The summed E-state index contributed by atoms with van der Waals surface area (Å²) in [5.41, 5.74) is 5.46. The maximum atomic E-state index is 9.78. The van der Waals surface area contributed by atoms with Gasteiger partial charge in [0.05, 0.1) is 12.1 Å². The molecule has 0 bridgehead atoms. The van der Waals surface area contributed by atoms with E-state index in [9.17, 15) is 5.11 Å². The summed E-state index contributed by atoms with van der Waals surface area (Å²) in [5, 5.41) is 16.3. The van der Waals surface area contributed by atoms with Gasteiger partial charge in [0.15, 0.2) is 0 Å². The van der Waals surface area contributed by atoms with Crippen LogP contribution in [0.4, 0.5) is 17.6 Å². The lowest BCUT2D eigenvalue weighted by molar-refractivity contribution is 0.155. The van der Waals surface area contributed by atoms with Crippen LogP contribution in [0, 0.1) is 5.92 Å². The minimum absolute atomic E-state index is 0.111. The number of aliphatic hydroxyl groups is 1. The fraction of sp³-hybridized carbons (Fsp3) is 0.714. The minimum atomic E-state index is -0.281. The smallest absolute Gasteiger partial charge is 0.223 e. The maximum Gasteiger partial charge on any atom is 0.223 e. The first kappa shape index (κ1) is 14.8. The lowest BCUT2D eigenvalue weighted by atomic mass is 9.77. The summed E-state index contributed by atoms with van der Waals surface area (Å²) in [7, 11) is 0. The molecule has 0 atom stereocenters. The average molecular weight is 279 g/mol. The standard InChI is InChI=1S/C14H25N5O/c1-3-16-11-8-12(18-13(15)17-11)19-14(9-20)6-4-10(2)5-7-14/h8,10,20H,3-7,9H2,1-2H3,(H4,15,16,17,18,19). The van der Waals surface area contributed by atoms with Gasteiger partial charge in [0.1, 0.15) is 11.6 Å². The van der Waals surface area contributed by atoms with Crippen molar-refractivity contribution in [3.8, 4) is 0 Å². The number of nitrogens with zero attached hydrogens (tertiary/aromatic N) is 2. The first-order chi connectivity index (χ1) is 9.57. The van der Waals surface area contributed by atoms with E-state index < -0.39 is 0 Å². The molecule has 0 amide bonds. The van der Waals surface area contributed by atoms with Crippen LogP contribution in [0.25, 0.3) is 0 Å². The number of aromatic nitrogens is 2. The third-order valence-corrected chi connectivity index (χ3v) is 4.03. The van der Waals surface area contributed by atoms with E-state index in [2.05, 4.69) is 27.5 Å². The van der Waals surface area contributed by atoms with Gasteiger partial charge in [-0.15, -0.1) is 0 Å². The third-order valence-electron chi connectivity index (χ3n) is 4.03. The summed E-state index contributed by atoms with van der Waals surface area (Å²) in [6, 6.07) is 1.84. The van der Waals surface area contributed by atoms with Crippen LogP contribution in [-0.2, 0) is 0 Å². The van der Waals surface area contributed by atoms with E-state index in [1.165, 1.54) is 0 Å². The van der Waals surface area contributed by atoms with Crippen LogP contribution in [0.5, 0.6) is 0 Å². The number of aliphatic hydroxyl groups excluding tert-OH is 1. The molecule has 5 N–H and O–H groups in total. The Morgan fingerprint density at radius 3 is 2.60 bits per heavy atom. The van der Waals surface area contributed by atoms with Gasteiger partial charge in [0.2, 0.25) is 5.95 Å². The molecule has 0 aliphatic heterocycles. The summed E-state index contributed by atoms with van der Waals surface area (Å²) >= 11 is 0. The van der Waals surface area contributed by atoms with E-state index in [0.29, 0.717) is 11.6 Å². The van der Waals surface area contributed by atoms with Gasteiger partial charge in [-0.05, 0) is 38.5 Å². The number of anilines is 3. The van der Waals surface area contributed by atoms with Crippen molar-refractivity contribution in [3.05, 3.63) is 6.07 Å². The van der Waals surface area contributed by atoms with Crippen LogP contribution in [0.15, 0.2) is 6.07 Å². The normalized spacial score (nSPS) is 26.2. The van der Waals surface area contributed by atoms with Crippen LogP contribution >= 0.6 is 0 Å². The Labute approximate surface area is 120 Å². The lowest BCUT2D eigenvalue weighted by Crippen LogP contribution is -2.45. The highest BCUT2D eigenvalue weighted by Gasteiger charge is 2.34. The highest BCUT2D eigenvalue weighted by molar-refractivity contribution is 5.52. The van der Waals surface area contributed by atoms with Gasteiger partial charge < -0.3 is 21.5 Å². The predicted octanol–water partition coefficient (Wildman–Crippen LogP) is 1.84. The molecule has 1 fully saturated rings. The van der Waals surface area contributed by atoms with Gasteiger partial charge >= 0.3 is 0 Å². The highest BCUT2D eigenvalue weighted by atomic mass is 16.3. The Balaban J connectivity index is 2.14. The monoisotopic (exact) mass is 279 g/mol. The first-order valence-corrected chi connectivity index (χ1v) is 7.34. The Morgan fingerprint density at radius 2 is 2.00 bits per heavy atom. The summed E-state index contributed by atoms with van der Waals surface area (Å²) in [4.78, 5) is 8.36. The molecule has 1 aliphatic carbocycles. The second kappa shape index (κ2) is 6.26. The minimum Gasteiger partial charge on any atom is -0.394 e. The van der Waals surface area contributed by atoms with Crippen LogP contribution in [0.2, 0.25) is 0 Å². The van der Waals surface area contributed by atoms with E-state index in [4.69, 9.17) is 5.73 Å². The zero-order valence-electron chi connectivity index (χ0n) is 12.3. The van der Waals surface area contributed by atoms with E-state index in [0.717, 1.165) is 38.1 Å². The largest absolute Gasteiger partial charge is 0.394 e. The summed E-state index contributed by atoms with van der Waals surface area (Å²) < 4.78 is 0. The number of rotatable bonds is 5. The molecule has 0 aromatic carbocycles. The number of nitrogens with one attached hydrogen (secondary N) is 2. The van der Waals surface area contributed by atoms with Crippen LogP contribution in [0.3, 0.4) is 0 Å². The average Bonchev–Trinajstić information content (AvgIpc) is 2.41. The molecule has 1 aliphatic rings. The second-order valence-electron chi connectivity index (χ2n) is 5.77. The van der Waals surface area contributed by atoms with Crippen molar-refractivity contribution in [2.45, 2.75) is 45.1 Å². The quantitative estimate of drug-likeness (QED) is 0.657. The molecule has 0 saturated heterocycles. The Morgan fingerprint density at radius 1 is 1.35 bits per heavy atom. The van der Waals surface area contributed by atoms with Crippen molar-refractivity contribution >= 4 is 17.6 Å². The summed E-state index contributed by atoms with van der Waals surface area (Å²) in [6.07, 6.45) is 4.14. The van der Waals surface area contributed by atoms with Crippen molar-refractivity contribution in [1.29, 1.82) is 0 Å². The SMILES string of the molecule is CCNc1cc(NC2(CO)CCC(C)CC2)nc(N)n1. The van der Waals surface area contributed by atoms with E-state index in [-0.39, 0.29) is 18.1 Å². The third kappa shape index (κ3) is 3.50. The molecule has 1 aromatic heterocycles. The lowest BCUT2D eigenvalue weighted by Gasteiger charge is -2.39. The summed E-state index contributed by atoms with van der Waals surface area (Å²) in [6.45, 7) is 5.15. The number of nitrogen functional groups attached to an aromatic ring is 1. The zero-order valence-corrected chi connectivity index (χ0v) is 12.3. The number of hydrogen-bond acceptors (Lipinski definition) is 6. The fourth-order valence-electron chi connectivity index (χ4n) is 2.71. The van der Waals surface area contributed by atoms with Gasteiger partial charge in [-0.1, -0.05) is 6.92 Å². The molecular weight excluding hydrogens is 254 g/mol. The molecule has 6 nitrogen and oxygen atoms in total. The van der Waals surface area contributed by atoms with Crippen LogP contribution in [-0.4, -0.2) is 33.8 Å². The zero-order chi connectivity index (χ0) is 14.6. The van der Waals surface area contributed by atoms with Crippen molar-refractivity contribution in [1.82, 2.24) is 9.97 Å². The van der Waals surface area contributed by atoms with Gasteiger partial charge in [-0.3, -0.25) is 0 Å². The number of hydrogen-bond donors (Lipinski definition) is 4. The van der Waals surface area contributed by atoms with Crippen molar-refractivity contribution in [2.75, 3.05) is 29.5 Å². The van der Waals surface area contributed by atoms with E-state index in [1.807, 2.05) is 13.0 Å². The maximum absolute atomic E-state index is 9.78. The molecule has 112 valence electrons. The van der Waals surface area contributed by atoms with Gasteiger partial charge in [0.25, 0.3) is 0 Å². The van der Waals surface area contributed by atoms with Crippen molar-refractivity contribution in [2.24, 2.45) is 5.92 Å². The molecule has 1 heterocycles. The summed E-state index contributed by atoms with van der Waals surface area (Å²) in [5.74, 6) is 2.35. The van der Waals surface area contributed by atoms with Gasteiger partial charge in [0, 0.05) is 12.6 Å². The molecular formula is C14H25N5O. The first-order valence-electron chi connectivity index (χ1n) is 7.34. The number of nitrogens with two attached hydrogens (primary N) is 1. The van der Waals surface area contributed by atoms with Gasteiger partial charge in [-0.2, -0.15) is 9.97 Å². The Hall–Kier alpha value is -1.56. The topological polar surface area (TPSA) is 96.1 Å². The molecule has 2 rings (SSSR count).